The van der Waals surface area contributed by atoms with E-state index in [0.717, 1.165) is 16.7 Å². The summed E-state index contributed by atoms with van der Waals surface area (Å²) >= 11 is 0. The Balaban J connectivity index is 2.53. The summed E-state index contributed by atoms with van der Waals surface area (Å²) in [6.07, 6.45) is 3.47. The standard InChI is InChI=1S/C11H16N4OS/c1-7-4-9-10(13-5-7)15(11(12)14-9)8(2)6-17(3)16/h4-5,8H,6H2,1-3H3,(H2,12,14). The van der Waals surface area contributed by atoms with E-state index in [0.29, 0.717) is 11.7 Å². The van der Waals surface area contributed by atoms with E-state index in [1.807, 2.05) is 24.5 Å². The maximum atomic E-state index is 11.3. The molecule has 2 rings (SSSR count). The number of aryl methyl sites for hydroxylation is 1. The number of pyridine rings is 1. The van der Waals surface area contributed by atoms with Gasteiger partial charge in [0.15, 0.2) is 5.65 Å². The molecule has 2 unspecified atom stereocenters. The van der Waals surface area contributed by atoms with E-state index in [1.165, 1.54) is 0 Å². The van der Waals surface area contributed by atoms with E-state index in [9.17, 15) is 4.21 Å². The highest BCUT2D eigenvalue weighted by molar-refractivity contribution is 7.84. The van der Waals surface area contributed by atoms with Gasteiger partial charge in [-0.2, -0.15) is 0 Å². The maximum absolute atomic E-state index is 11.3. The van der Waals surface area contributed by atoms with Crippen LogP contribution in [0.25, 0.3) is 11.2 Å². The lowest BCUT2D eigenvalue weighted by Crippen LogP contribution is -2.15. The number of anilines is 1. The van der Waals surface area contributed by atoms with Crippen molar-refractivity contribution in [3.05, 3.63) is 17.8 Å². The van der Waals surface area contributed by atoms with Crippen molar-refractivity contribution in [1.29, 1.82) is 0 Å². The van der Waals surface area contributed by atoms with Crippen LogP contribution in [0.5, 0.6) is 0 Å². The van der Waals surface area contributed by atoms with Crippen LogP contribution in [0.1, 0.15) is 18.5 Å². The molecule has 0 radical (unpaired) electrons. The van der Waals surface area contributed by atoms with Gasteiger partial charge in [0, 0.05) is 35.0 Å². The Morgan fingerprint density at radius 3 is 2.94 bits per heavy atom. The van der Waals surface area contributed by atoms with Crippen molar-refractivity contribution in [2.45, 2.75) is 19.9 Å². The molecule has 2 heterocycles. The number of rotatable bonds is 3. The average Bonchev–Trinajstić information content (AvgIpc) is 2.51. The van der Waals surface area contributed by atoms with Gasteiger partial charge in [-0.05, 0) is 25.5 Å². The first-order valence-corrected chi connectivity index (χ1v) is 7.12. The molecule has 2 atom stereocenters. The van der Waals surface area contributed by atoms with Gasteiger partial charge in [-0.25, -0.2) is 9.97 Å². The lowest BCUT2D eigenvalue weighted by atomic mass is 10.3. The number of nitrogens with two attached hydrogens (primary N) is 1. The lowest BCUT2D eigenvalue weighted by Gasteiger charge is -2.13. The molecule has 2 N–H and O–H groups in total. The van der Waals surface area contributed by atoms with Crippen LogP contribution in [0.4, 0.5) is 5.95 Å². The minimum absolute atomic E-state index is 0.0287. The summed E-state index contributed by atoms with van der Waals surface area (Å²) in [5, 5.41) is 0. The summed E-state index contributed by atoms with van der Waals surface area (Å²) in [6, 6.07) is 1.98. The zero-order valence-corrected chi connectivity index (χ0v) is 11.0. The molecular weight excluding hydrogens is 236 g/mol. The number of aromatic nitrogens is 3. The van der Waals surface area contributed by atoms with Crippen LogP contribution < -0.4 is 5.73 Å². The second kappa shape index (κ2) is 4.44. The normalized spacial score (nSPS) is 15.0. The van der Waals surface area contributed by atoms with Crippen molar-refractivity contribution in [2.75, 3.05) is 17.7 Å². The molecule has 2 aromatic heterocycles. The molecule has 2 aromatic rings. The van der Waals surface area contributed by atoms with E-state index >= 15 is 0 Å². The van der Waals surface area contributed by atoms with Gasteiger partial charge < -0.3 is 5.73 Å². The molecule has 0 fully saturated rings. The summed E-state index contributed by atoms with van der Waals surface area (Å²) < 4.78 is 13.1. The molecule has 0 aliphatic heterocycles. The third-order valence-electron chi connectivity index (χ3n) is 2.61. The third-order valence-corrected chi connectivity index (χ3v) is 3.56. The molecule has 6 heteroatoms. The first-order chi connectivity index (χ1) is 7.99. The molecule has 5 nitrogen and oxygen atoms in total. The molecule has 0 aromatic carbocycles. The fourth-order valence-corrected chi connectivity index (χ4v) is 2.78. The number of nitrogens with zero attached hydrogens (tertiary/aromatic N) is 3. The van der Waals surface area contributed by atoms with Crippen molar-refractivity contribution in [1.82, 2.24) is 14.5 Å². The SMILES string of the molecule is Cc1cnc2c(c1)nc(N)n2C(C)CS(C)=O. The van der Waals surface area contributed by atoms with Crippen LogP contribution in [-0.4, -0.2) is 30.8 Å². The van der Waals surface area contributed by atoms with Crippen LogP contribution in [0.3, 0.4) is 0 Å². The van der Waals surface area contributed by atoms with Crippen molar-refractivity contribution >= 4 is 27.9 Å². The topological polar surface area (TPSA) is 73.8 Å². The van der Waals surface area contributed by atoms with Crippen molar-refractivity contribution in [2.24, 2.45) is 0 Å². The molecule has 0 bridgehead atoms. The first-order valence-electron chi connectivity index (χ1n) is 5.39. The van der Waals surface area contributed by atoms with Crippen molar-refractivity contribution < 1.29 is 4.21 Å². The average molecular weight is 252 g/mol. The van der Waals surface area contributed by atoms with E-state index in [1.54, 1.807) is 12.5 Å². The number of hydrogen-bond acceptors (Lipinski definition) is 4. The van der Waals surface area contributed by atoms with Gasteiger partial charge in [-0.15, -0.1) is 0 Å². The third kappa shape index (κ3) is 2.31. The lowest BCUT2D eigenvalue weighted by molar-refractivity contribution is 0.615. The van der Waals surface area contributed by atoms with Crippen LogP contribution in [0.15, 0.2) is 12.3 Å². The summed E-state index contributed by atoms with van der Waals surface area (Å²) in [4.78, 5) is 8.63. The van der Waals surface area contributed by atoms with Gasteiger partial charge in [0.05, 0.1) is 0 Å². The molecule has 17 heavy (non-hydrogen) atoms. The molecule has 0 aliphatic rings. The fourth-order valence-electron chi connectivity index (χ4n) is 1.95. The van der Waals surface area contributed by atoms with Crippen molar-refractivity contribution in [3.8, 4) is 0 Å². The molecular formula is C11H16N4OS. The van der Waals surface area contributed by atoms with Gasteiger partial charge in [0.25, 0.3) is 0 Å². The summed E-state index contributed by atoms with van der Waals surface area (Å²) in [6.45, 7) is 3.94. The predicted octanol–water partition coefficient (Wildman–Crippen LogP) is 1.26. The minimum Gasteiger partial charge on any atom is -0.369 e. The zero-order valence-electron chi connectivity index (χ0n) is 10.2. The summed E-state index contributed by atoms with van der Waals surface area (Å²) in [5.74, 6) is 0.974. The second-order valence-electron chi connectivity index (χ2n) is 4.28. The Kier molecular flexibility index (Phi) is 3.15. The fraction of sp³-hybridized carbons (Fsp3) is 0.455. The van der Waals surface area contributed by atoms with Gasteiger partial charge in [-0.1, -0.05) is 0 Å². The highest BCUT2D eigenvalue weighted by Crippen LogP contribution is 2.21. The molecule has 0 aliphatic carbocycles. The number of nitrogen functional groups attached to an aromatic ring is 1. The number of hydrogen-bond donors (Lipinski definition) is 1. The van der Waals surface area contributed by atoms with Gasteiger partial charge in [0.2, 0.25) is 5.95 Å². The molecule has 0 saturated heterocycles. The van der Waals surface area contributed by atoms with E-state index in [2.05, 4.69) is 9.97 Å². The molecule has 0 saturated carbocycles. The van der Waals surface area contributed by atoms with Gasteiger partial charge in [0.1, 0.15) is 5.52 Å². The Morgan fingerprint density at radius 2 is 2.29 bits per heavy atom. The summed E-state index contributed by atoms with van der Waals surface area (Å²) in [5.41, 5.74) is 8.49. The van der Waals surface area contributed by atoms with Gasteiger partial charge in [-0.3, -0.25) is 8.78 Å². The quantitative estimate of drug-likeness (QED) is 0.892. The van der Waals surface area contributed by atoms with Crippen LogP contribution in [-0.2, 0) is 10.8 Å². The smallest absolute Gasteiger partial charge is 0.202 e. The van der Waals surface area contributed by atoms with Crippen molar-refractivity contribution in [3.63, 3.8) is 0 Å². The Bertz CT molecular complexity index is 578. The zero-order chi connectivity index (χ0) is 12.6. The summed E-state index contributed by atoms with van der Waals surface area (Å²) in [7, 11) is -0.868. The van der Waals surface area contributed by atoms with E-state index < -0.39 is 10.8 Å². The number of imidazole rings is 1. The second-order valence-corrected chi connectivity index (χ2v) is 5.76. The molecule has 0 amide bonds. The predicted molar refractivity (Wildman–Crippen MR) is 70.3 cm³/mol. The minimum atomic E-state index is -0.868. The van der Waals surface area contributed by atoms with E-state index in [4.69, 9.17) is 5.73 Å². The molecule has 92 valence electrons. The van der Waals surface area contributed by atoms with Crippen LogP contribution >= 0.6 is 0 Å². The monoisotopic (exact) mass is 252 g/mol. The highest BCUT2D eigenvalue weighted by Gasteiger charge is 2.16. The van der Waals surface area contributed by atoms with Crippen LogP contribution in [0.2, 0.25) is 0 Å². The number of fused-ring (bicyclic) bond motifs is 1. The first kappa shape index (κ1) is 12.0. The maximum Gasteiger partial charge on any atom is 0.202 e. The Labute approximate surface area is 103 Å². The van der Waals surface area contributed by atoms with Crippen LogP contribution in [0, 0.1) is 6.92 Å². The Morgan fingerprint density at radius 1 is 1.59 bits per heavy atom. The highest BCUT2D eigenvalue weighted by atomic mass is 32.2. The van der Waals surface area contributed by atoms with E-state index in [-0.39, 0.29) is 6.04 Å². The molecule has 0 spiro atoms. The Hall–Kier alpha value is -1.43. The largest absolute Gasteiger partial charge is 0.369 e. The van der Waals surface area contributed by atoms with Gasteiger partial charge >= 0.3 is 0 Å².